The van der Waals surface area contributed by atoms with E-state index >= 15 is 0 Å². The number of nitrogens with two attached hydrogens (primary N) is 2. The summed E-state index contributed by atoms with van der Waals surface area (Å²) < 4.78 is 31.5. The Labute approximate surface area is 323 Å². The van der Waals surface area contributed by atoms with Gasteiger partial charge in [-0.1, -0.05) is 11.8 Å². The van der Waals surface area contributed by atoms with Gasteiger partial charge in [0, 0.05) is 9.79 Å². The number of allylic oxidation sites excluding steroid dienone is 3. The third kappa shape index (κ3) is 9.88. The summed E-state index contributed by atoms with van der Waals surface area (Å²) in [6.45, 7) is 1.80. The average molecular weight is 787 g/mol. The first-order valence-electron chi connectivity index (χ1n) is 16.3. The maximum absolute atomic E-state index is 11.7. The molecule has 18 heteroatoms. The van der Waals surface area contributed by atoms with Crippen LogP contribution in [0.4, 0.5) is 51.2 Å². The highest BCUT2D eigenvalue weighted by Crippen LogP contribution is 2.41. The van der Waals surface area contributed by atoms with Crippen molar-refractivity contribution in [1.29, 1.82) is 0 Å². The van der Waals surface area contributed by atoms with E-state index in [9.17, 15) is 18.0 Å². The van der Waals surface area contributed by atoms with Gasteiger partial charge in [-0.05, 0) is 134 Å². The zero-order chi connectivity index (χ0) is 39.8. The van der Waals surface area contributed by atoms with Crippen LogP contribution in [0, 0.1) is 6.92 Å². The van der Waals surface area contributed by atoms with Crippen LogP contribution in [0.25, 0.3) is 0 Å². The van der Waals surface area contributed by atoms with E-state index in [2.05, 4.69) is 41.2 Å². The number of aliphatic carboxylic acids is 1. The number of hydrazone groups is 1. The van der Waals surface area contributed by atoms with Crippen LogP contribution in [-0.4, -0.2) is 35.5 Å². The topological polar surface area (TPSA) is 259 Å². The molecule has 280 valence electrons. The number of hydrogen-bond donors (Lipinski definition) is 5. The third-order valence-electron chi connectivity index (χ3n) is 7.80. The molecule has 0 saturated heterocycles. The number of benzene rings is 5. The number of carbonyl (C=O) groups excluding carboxylic acids is 1. The number of carbonyl (C=O) groups is 2. The van der Waals surface area contributed by atoms with Crippen molar-refractivity contribution in [1.82, 2.24) is 0 Å². The standard InChI is InChI=1S/C38H30N10O6S2/c1-22-20-33(36(40)37(35(22)39)48-45-24-4-2-23(3-5-24)41-42-27-10-17-31(18-11-27)56(52,53)54)47-44-26-8-15-30(16-9-26)55-29-13-6-25(7-14-29)43-46-28-12-19-34(49)32(21-28)38(50)51/h2-21,43H,39-40H2,1H3,(H,50,51)(H,52,53,54)/b42-41?,46-28+,47-44?,48-45?. The van der Waals surface area contributed by atoms with Crippen LogP contribution >= 0.6 is 11.8 Å². The van der Waals surface area contributed by atoms with Crippen molar-refractivity contribution in [2.45, 2.75) is 21.6 Å². The normalized spacial score (nSPS) is 13.9. The summed E-state index contributed by atoms with van der Waals surface area (Å²) in [6.07, 6.45) is 3.83. The van der Waals surface area contributed by atoms with Crippen molar-refractivity contribution >= 4 is 90.5 Å². The van der Waals surface area contributed by atoms with Gasteiger partial charge < -0.3 is 16.6 Å². The summed E-state index contributed by atoms with van der Waals surface area (Å²) in [6, 6.07) is 28.6. The van der Waals surface area contributed by atoms with Crippen molar-refractivity contribution in [3.05, 3.63) is 132 Å². The Hall–Kier alpha value is -7.15. The van der Waals surface area contributed by atoms with Crippen molar-refractivity contribution in [2.75, 3.05) is 16.9 Å². The largest absolute Gasteiger partial charge is 0.478 e. The van der Waals surface area contributed by atoms with Crippen LogP contribution in [0.2, 0.25) is 0 Å². The molecule has 5 aromatic carbocycles. The van der Waals surface area contributed by atoms with Crippen LogP contribution in [-0.2, 0) is 19.7 Å². The number of rotatable bonds is 12. The first kappa shape index (κ1) is 38.6. The minimum absolute atomic E-state index is 0.203. The number of aryl methyl sites for hydroxylation is 1. The summed E-state index contributed by atoms with van der Waals surface area (Å²) in [7, 11) is -4.29. The minimum atomic E-state index is -4.29. The molecular formula is C38H30N10O6S2. The number of ketones is 1. The molecule has 1 aliphatic rings. The lowest BCUT2D eigenvalue weighted by Gasteiger charge is -2.09. The van der Waals surface area contributed by atoms with E-state index in [1.54, 1.807) is 37.3 Å². The predicted octanol–water partition coefficient (Wildman–Crippen LogP) is 9.72. The number of carboxylic acids is 1. The van der Waals surface area contributed by atoms with Crippen molar-refractivity contribution in [2.24, 2.45) is 35.8 Å². The number of nitrogens with one attached hydrogen (secondary N) is 1. The van der Waals surface area contributed by atoms with Crippen molar-refractivity contribution < 1.29 is 27.7 Å². The number of hydrogen-bond acceptors (Lipinski definition) is 15. The van der Waals surface area contributed by atoms with Gasteiger partial charge in [0.1, 0.15) is 16.9 Å². The first-order valence-corrected chi connectivity index (χ1v) is 18.6. The fourth-order valence-corrected chi connectivity index (χ4v) is 6.10. The van der Waals surface area contributed by atoms with Gasteiger partial charge in [-0.3, -0.25) is 14.8 Å². The van der Waals surface area contributed by atoms with Crippen molar-refractivity contribution in [3.63, 3.8) is 0 Å². The Bertz CT molecular complexity index is 2600. The van der Waals surface area contributed by atoms with Crippen LogP contribution in [0.3, 0.4) is 0 Å². The van der Waals surface area contributed by atoms with E-state index in [-0.39, 0.29) is 21.8 Å². The Balaban J connectivity index is 1.06. The molecule has 56 heavy (non-hydrogen) atoms. The zero-order valence-corrected chi connectivity index (χ0v) is 30.8. The molecule has 0 amide bonds. The summed E-state index contributed by atoms with van der Waals surface area (Å²) in [5.74, 6) is -1.89. The molecule has 0 fully saturated rings. The van der Waals surface area contributed by atoms with Crippen LogP contribution < -0.4 is 16.9 Å². The van der Waals surface area contributed by atoms with E-state index in [1.807, 2.05) is 48.5 Å². The molecule has 0 aromatic heterocycles. The SMILES string of the molecule is Cc1cc(N=Nc2ccc(Sc3ccc(N/N=C4\C=CC(=O)C(C(=O)O)=C4)cc3)cc2)c(N)c(N=Nc2ccc(N=Nc3ccc(S(=O)(=O)O)cc3)cc2)c1N. The molecule has 6 rings (SSSR count). The molecule has 1 aliphatic carbocycles. The molecule has 0 saturated carbocycles. The maximum atomic E-state index is 11.7. The molecule has 0 atom stereocenters. The fourth-order valence-electron chi connectivity index (χ4n) is 4.81. The fraction of sp³-hybridized carbons (Fsp3) is 0.0263. The molecule has 0 spiro atoms. The second kappa shape index (κ2) is 16.9. The summed E-state index contributed by atoms with van der Waals surface area (Å²) in [5, 5.41) is 38.8. The summed E-state index contributed by atoms with van der Waals surface area (Å²) >= 11 is 1.53. The highest BCUT2D eigenvalue weighted by molar-refractivity contribution is 7.99. The number of carboxylic acid groups (broad SMARTS) is 1. The maximum Gasteiger partial charge on any atom is 0.339 e. The van der Waals surface area contributed by atoms with Gasteiger partial charge in [0.15, 0.2) is 5.78 Å². The van der Waals surface area contributed by atoms with Crippen LogP contribution in [0.15, 0.2) is 177 Å². The van der Waals surface area contributed by atoms with Gasteiger partial charge in [0.25, 0.3) is 10.1 Å². The van der Waals surface area contributed by atoms with E-state index in [1.165, 1.54) is 54.3 Å². The summed E-state index contributed by atoms with van der Waals surface area (Å²) in [5.41, 5.74) is 20.1. The van der Waals surface area contributed by atoms with Gasteiger partial charge in [-0.15, -0.1) is 10.2 Å². The lowest BCUT2D eigenvalue weighted by molar-refractivity contribution is -0.134. The number of nitrogen functional groups attached to an aromatic ring is 2. The smallest absolute Gasteiger partial charge is 0.339 e. The van der Waals surface area contributed by atoms with Gasteiger partial charge >= 0.3 is 5.97 Å². The Kier molecular flexibility index (Phi) is 11.6. The van der Waals surface area contributed by atoms with Crippen LogP contribution in [0.5, 0.6) is 0 Å². The second-order valence-corrected chi connectivity index (χ2v) is 14.4. The lowest BCUT2D eigenvalue weighted by atomic mass is 10.0. The molecule has 5 aromatic rings. The van der Waals surface area contributed by atoms with Gasteiger partial charge in [-0.2, -0.15) is 34.0 Å². The Morgan fingerprint density at radius 1 is 0.696 bits per heavy atom. The predicted molar refractivity (Wildman–Crippen MR) is 213 cm³/mol. The van der Waals surface area contributed by atoms with E-state index < -0.39 is 21.9 Å². The van der Waals surface area contributed by atoms with E-state index in [0.29, 0.717) is 51.1 Å². The molecule has 0 bridgehead atoms. The highest BCUT2D eigenvalue weighted by Gasteiger charge is 2.19. The van der Waals surface area contributed by atoms with E-state index in [0.717, 1.165) is 9.79 Å². The molecule has 0 unspecified atom stereocenters. The van der Waals surface area contributed by atoms with Gasteiger partial charge in [0.05, 0.1) is 50.4 Å². The summed E-state index contributed by atoms with van der Waals surface area (Å²) in [4.78, 5) is 24.6. The molecule has 0 heterocycles. The number of anilines is 3. The monoisotopic (exact) mass is 786 g/mol. The third-order valence-corrected chi connectivity index (χ3v) is 9.69. The highest BCUT2D eigenvalue weighted by atomic mass is 32.2. The quantitative estimate of drug-likeness (QED) is 0.0200. The van der Waals surface area contributed by atoms with Crippen molar-refractivity contribution in [3.8, 4) is 0 Å². The molecule has 0 radical (unpaired) electrons. The molecule has 16 nitrogen and oxygen atoms in total. The molecule has 7 N–H and O–H groups in total. The van der Waals surface area contributed by atoms with E-state index in [4.69, 9.17) is 21.1 Å². The Morgan fingerprint density at radius 3 is 1.75 bits per heavy atom. The Morgan fingerprint density at radius 2 is 1.20 bits per heavy atom. The number of nitrogens with zero attached hydrogens (tertiary/aromatic N) is 7. The molecular weight excluding hydrogens is 757 g/mol. The zero-order valence-electron chi connectivity index (χ0n) is 29.2. The average Bonchev–Trinajstić information content (AvgIpc) is 3.19. The first-order chi connectivity index (χ1) is 26.8. The minimum Gasteiger partial charge on any atom is -0.478 e. The van der Waals surface area contributed by atoms with Crippen LogP contribution in [0.1, 0.15) is 5.56 Å². The molecule has 0 aliphatic heterocycles. The second-order valence-electron chi connectivity index (χ2n) is 11.8. The van der Waals surface area contributed by atoms with Gasteiger partial charge in [-0.25, -0.2) is 4.79 Å². The lowest BCUT2D eigenvalue weighted by Crippen LogP contribution is -2.15. The van der Waals surface area contributed by atoms with Gasteiger partial charge in [0.2, 0.25) is 0 Å². The number of azo groups is 3.